The summed E-state index contributed by atoms with van der Waals surface area (Å²) in [6.45, 7) is 2.17. The fraction of sp³-hybridized carbons (Fsp3) is 0.0909. The van der Waals surface area contributed by atoms with Crippen molar-refractivity contribution in [2.24, 2.45) is 0 Å². The Morgan fingerprint density at radius 3 is 1.08 bits per heavy atom. The second kappa shape index (κ2) is 19.9. The Hall–Kier alpha value is -6.78. The molecule has 6 nitrogen and oxygen atoms in total. The number of fused-ring (bicyclic) bond motifs is 6. The molecule has 0 unspecified atom stereocenters. The summed E-state index contributed by atoms with van der Waals surface area (Å²) >= 11 is 0. The first-order valence-corrected chi connectivity index (χ1v) is 20.7. The fourth-order valence-electron chi connectivity index (χ4n) is 8.78. The van der Waals surface area contributed by atoms with Gasteiger partial charge in [0.15, 0.2) is 19.9 Å². The zero-order valence-electron chi connectivity index (χ0n) is 36.1. The van der Waals surface area contributed by atoms with E-state index in [-0.39, 0.29) is 44.8 Å². The van der Waals surface area contributed by atoms with Crippen LogP contribution in [0.25, 0.3) is 77.2 Å². The van der Waals surface area contributed by atoms with E-state index in [0.29, 0.717) is 13.2 Å². The first kappa shape index (κ1) is 46.2. The quantitative estimate of drug-likeness (QED) is 0.0620. The number of ether oxygens (including phenoxy) is 2. The van der Waals surface area contributed by atoms with Crippen LogP contribution in [0.1, 0.15) is 17.5 Å². The minimum absolute atomic E-state index is 0. The summed E-state index contributed by atoms with van der Waals surface area (Å²) in [5.41, 5.74) is 11.0. The number of hydrogen-bond acceptors (Lipinski definition) is 2. The van der Waals surface area contributed by atoms with Gasteiger partial charge in [0.05, 0.1) is 44.6 Å². The Labute approximate surface area is 394 Å². The summed E-state index contributed by atoms with van der Waals surface area (Å²) in [7, 11) is 0. The van der Waals surface area contributed by atoms with Crippen molar-refractivity contribution >= 4 is 43.6 Å². The van der Waals surface area contributed by atoms with Crippen LogP contribution < -0.4 is 0 Å². The Kier molecular flexibility index (Phi) is 14.2. The van der Waals surface area contributed by atoms with Gasteiger partial charge in [-0.05, 0) is 85.6 Å². The SMILES string of the molecule is Cc1cc(-c2ccccc2[OH+]CCC[OH+]c2ccccc2-c2cc(C)cc(-n3c4ccccc4c4ccccc43)c2O)c(O)c(-n2c3ccccc3c3ccccc32)c1.F[C-](F)F.[CH3-].[Hf]. The largest absolute Gasteiger partial charge is 0.582 e. The maximum Gasteiger partial charge on any atom is 0.262 e. The summed E-state index contributed by atoms with van der Waals surface area (Å²) in [6, 6.07) is 57.6. The van der Waals surface area contributed by atoms with Crippen molar-refractivity contribution in [1.29, 1.82) is 0 Å². The van der Waals surface area contributed by atoms with Crippen molar-refractivity contribution in [3.63, 3.8) is 0 Å². The van der Waals surface area contributed by atoms with Gasteiger partial charge in [-0.1, -0.05) is 97.1 Å². The number of phenols is 2. The number of aryl methyl sites for hydroxylation is 2. The number of halogens is 3. The molecule has 0 spiro atoms. The average molecular weight is 1040 g/mol. The zero-order chi connectivity index (χ0) is 43.6. The Morgan fingerprint density at radius 1 is 0.446 bits per heavy atom. The van der Waals surface area contributed by atoms with Gasteiger partial charge in [0.25, 0.3) is 11.5 Å². The number of hydrogen-bond donors (Lipinski definition) is 2. The predicted molar refractivity (Wildman–Crippen MR) is 256 cm³/mol. The second-order valence-corrected chi connectivity index (χ2v) is 15.5. The van der Waals surface area contributed by atoms with Gasteiger partial charge in [-0.2, -0.15) is 0 Å². The van der Waals surface area contributed by atoms with Crippen LogP contribution in [0.4, 0.5) is 13.2 Å². The molecule has 0 radical (unpaired) electrons. The first-order chi connectivity index (χ1) is 30.7. The molecule has 0 aliphatic heterocycles. The monoisotopic (exact) mass is 1040 g/mol. The molecule has 4 N–H and O–H groups in total. The molecule has 10 aromatic rings. The van der Waals surface area contributed by atoms with Crippen molar-refractivity contribution < 1.29 is 58.7 Å². The third-order valence-electron chi connectivity index (χ3n) is 11.4. The standard InChI is InChI=1S/C53H42N2O4.CF3.CH3.Hf/c1-34-30-42(52(56)48(32-34)54-44-22-9-3-16-36(44)37-17-4-10-23-45(37)54)40-20-7-13-26-50(40)58-28-15-29-59-51-27-14-8-21-41(51)43-31-35(2)33-49(53(43)57)55-46-24-11-5-18-38(46)39-19-6-12-25-47(39)55;2-1(3)4;;/h3-14,16-27,30-33,56-57H,15,28-29H2,1-2H3;;1H3;/q;2*-1;/p+2. The van der Waals surface area contributed by atoms with Gasteiger partial charge in [-0.15, -0.1) is 0 Å². The third kappa shape index (κ3) is 9.00. The zero-order valence-corrected chi connectivity index (χ0v) is 39.7. The predicted octanol–water partition coefficient (Wildman–Crippen LogP) is 14.6. The minimum Gasteiger partial charge on any atom is -0.582 e. The van der Waals surface area contributed by atoms with E-state index < -0.39 is 6.68 Å². The average Bonchev–Trinajstić information content (AvgIpc) is 3.81. The normalized spacial score (nSPS) is 11.0. The molecule has 0 amide bonds. The van der Waals surface area contributed by atoms with E-state index in [1.54, 1.807) is 0 Å². The van der Waals surface area contributed by atoms with E-state index in [9.17, 15) is 23.4 Å². The molecule has 0 atom stereocenters. The van der Waals surface area contributed by atoms with Crippen LogP contribution in [0.15, 0.2) is 170 Å². The number of benzene rings is 8. The van der Waals surface area contributed by atoms with Crippen molar-refractivity contribution in [3.05, 3.63) is 195 Å². The van der Waals surface area contributed by atoms with Crippen LogP contribution in [0.5, 0.6) is 23.0 Å². The molecule has 10 heteroatoms. The van der Waals surface area contributed by atoms with E-state index in [1.165, 1.54) is 0 Å². The molecular formula is C55H47F3HfN2O4. The molecule has 0 bridgehead atoms. The van der Waals surface area contributed by atoms with Gasteiger partial charge in [0.2, 0.25) is 0 Å². The van der Waals surface area contributed by atoms with Gasteiger partial charge >= 0.3 is 0 Å². The summed E-state index contributed by atoms with van der Waals surface area (Å²) in [6.07, 6.45) is 0.724. The number of para-hydroxylation sites is 6. The topological polar surface area (TPSA) is 75.9 Å². The van der Waals surface area contributed by atoms with Crippen molar-refractivity contribution in [1.82, 2.24) is 9.13 Å². The number of rotatable bonds is 10. The molecule has 0 saturated carbocycles. The summed E-state index contributed by atoms with van der Waals surface area (Å²) < 4.78 is 43.2. The van der Waals surface area contributed by atoms with E-state index >= 15 is 0 Å². The minimum atomic E-state index is -3.08. The molecule has 0 fully saturated rings. The summed E-state index contributed by atoms with van der Waals surface area (Å²) in [5, 5.41) is 28.7. The molecule has 8 aromatic carbocycles. The molecule has 326 valence electrons. The number of nitrogens with zero attached hydrogens (tertiary/aromatic N) is 2. The van der Waals surface area contributed by atoms with E-state index in [4.69, 9.17) is 9.47 Å². The van der Waals surface area contributed by atoms with E-state index in [1.807, 2.05) is 84.9 Å². The van der Waals surface area contributed by atoms with Crippen molar-refractivity contribution in [2.75, 3.05) is 13.2 Å². The molecule has 0 aliphatic rings. The maximum absolute atomic E-state index is 12.0. The second-order valence-electron chi connectivity index (χ2n) is 15.5. The van der Waals surface area contributed by atoms with Gasteiger partial charge in [0, 0.05) is 70.6 Å². The maximum atomic E-state index is 12.0. The first-order valence-electron chi connectivity index (χ1n) is 20.7. The van der Waals surface area contributed by atoms with Crippen LogP contribution in [-0.2, 0) is 25.8 Å². The van der Waals surface area contributed by atoms with Crippen LogP contribution in [0, 0.1) is 28.0 Å². The molecule has 65 heavy (non-hydrogen) atoms. The smallest absolute Gasteiger partial charge is 0.262 e. The van der Waals surface area contributed by atoms with E-state index in [0.717, 1.165) is 106 Å². The summed E-state index contributed by atoms with van der Waals surface area (Å²) in [4.78, 5) is 0. The summed E-state index contributed by atoms with van der Waals surface area (Å²) in [5.74, 6) is 2.09. The van der Waals surface area contributed by atoms with Gasteiger partial charge in [0.1, 0.15) is 17.9 Å². The van der Waals surface area contributed by atoms with Crippen molar-refractivity contribution in [2.45, 2.75) is 20.3 Å². The fourth-order valence-corrected chi connectivity index (χ4v) is 8.78. The van der Waals surface area contributed by atoms with E-state index in [2.05, 4.69) is 108 Å². The molecule has 2 heterocycles. The van der Waals surface area contributed by atoms with Gasteiger partial charge in [-0.25, -0.2) is 0 Å². The number of aromatic hydroxyl groups is 4. The van der Waals surface area contributed by atoms with Gasteiger partial charge < -0.3 is 49.4 Å². The molecule has 0 aliphatic carbocycles. The molecular weight excluding hydrogens is 988 g/mol. The van der Waals surface area contributed by atoms with Crippen LogP contribution in [-0.4, -0.2) is 42.0 Å². The molecule has 2 aromatic heterocycles. The molecule has 10 rings (SSSR count). The Morgan fingerprint density at radius 2 is 0.738 bits per heavy atom. The number of aliphatic hydroxyl groups is 2. The Bertz CT molecular complexity index is 2960. The third-order valence-corrected chi connectivity index (χ3v) is 11.4. The van der Waals surface area contributed by atoms with Crippen LogP contribution in [0.3, 0.4) is 0 Å². The van der Waals surface area contributed by atoms with Crippen LogP contribution >= 0.6 is 0 Å². The molecule has 0 saturated heterocycles. The van der Waals surface area contributed by atoms with Crippen molar-refractivity contribution in [3.8, 4) is 56.6 Å². The number of phenolic OH excluding ortho intramolecular Hbond substituents is 2. The van der Waals surface area contributed by atoms with Crippen LogP contribution in [0.2, 0.25) is 0 Å². The van der Waals surface area contributed by atoms with Gasteiger partial charge in [-0.3, -0.25) is 0 Å². The number of aromatic nitrogens is 2. The Balaban J connectivity index is 0.00000101.